The molecule has 1 fully saturated rings. The van der Waals surface area contributed by atoms with Crippen LogP contribution in [0.25, 0.3) is 11.3 Å². The van der Waals surface area contributed by atoms with Crippen LogP contribution in [0.1, 0.15) is 35.2 Å². The molecular weight excluding hydrogens is 328 g/mol. The van der Waals surface area contributed by atoms with Crippen LogP contribution >= 0.6 is 0 Å². The number of H-pyrrole nitrogens is 1. The van der Waals surface area contributed by atoms with E-state index in [0.717, 1.165) is 34.2 Å². The van der Waals surface area contributed by atoms with E-state index in [1.165, 1.54) is 0 Å². The molecule has 1 aliphatic rings. The van der Waals surface area contributed by atoms with E-state index in [0.29, 0.717) is 19.5 Å². The van der Waals surface area contributed by atoms with Gasteiger partial charge in [0.2, 0.25) is 5.91 Å². The van der Waals surface area contributed by atoms with E-state index in [9.17, 15) is 4.79 Å². The first-order valence-electron chi connectivity index (χ1n) is 8.76. The lowest BCUT2D eigenvalue weighted by Crippen LogP contribution is -2.24. The van der Waals surface area contributed by atoms with Crippen molar-refractivity contribution in [2.75, 3.05) is 6.54 Å². The molecule has 0 saturated carbocycles. The summed E-state index contributed by atoms with van der Waals surface area (Å²) in [5.41, 5.74) is 5.01. The molecule has 0 spiro atoms. The second-order valence-corrected chi connectivity index (χ2v) is 6.85. The summed E-state index contributed by atoms with van der Waals surface area (Å²) < 4.78 is 1.87. The fourth-order valence-corrected chi connectivity index (χ4v) is 3.63. The molecule has 7 nitrogen and oxygen atoms in total. The molecule has 3 aromatic rings. The first-order chi connectivity index (χ1) is 12.5. The summed E-state index contributed by atoms with van der Waals surface area (Å²) in [6, 6.07) is 5.77. The van der Waals surface area contributed by atoms with Crippen LogP contribution in [0.4, 0.5) is 0 Å². The van der Waals surface area contributed by atoms with Crippen molar-refractivity contribution in [3.63, 3.8) is 0 Å². The van der Waals surface area contributed by atoms with E-state index in [4.69, 9.17) is 0 Å². The molecule has 1 saturated heterocycles. The quantitative estimate of drug-likeness (QED) is 0.783. The van der Waals surface area contributed by atoms with E-state index in [-0.39, 0.29) is 11.8 Å². The highest BCUT2D eigenvalue weighted by Gasteiger charge is 2.32. The van der Waals surface area contributed by atoms with Crippen LogP contribution in [-0.4, -0.2) is 42.1 Å². The Morgan fingerprint density at radius 2 is 2.12 bits per heavy atom. The number of amides is 1. The van der Waals surface area contributed by atoms with Crippen molar-refractivity contribution in [1.29, 1.82) is 0 Å². The van der Waals surface area contributed by atoms with Gasteiger partial charge in [-0.05, 0) is 26.0 Å². The maximum Gasteiger partial charge on any atom is 0.223 e. The van der Waals surface area contributed by atoms with Crippen molar-refractivity contribution in [1.82, 2.24) is 29.6 Å². The number of likely N-dealkylation sites (tertiary alicyclic amines) is 1. The number of rotatable bonds is 4. The predicted octanol–water partition coefficient (Wildman–Crippen LogP) is 2.34. The highest BCUT2D eigenvalue weighted by molar-refractivity contribution is 5.79. The van der Waals surface area contributed by atoms with Gasteiger partial charge >= 0.3 is 0 Å². The molecule has 0 aliphatic carbocycles. The van der Waals surface area contributed by atoms with Crippen LogP contribution in [-0.2, 0) is 18.4 Å². The number of aromatic nitrogens is 5. The van der Waals surface area contributed by atoms with Crippen LogP contribution in [0.5, 0.6) is 0 Å². The molecule has 4 rings (SSSR count). The van der Waals surface area contributed by atoms with Gasteiger partial charge in [-0.1, -0.05) is 6.07 Å². The van der Waals surface area contributed by atoms with Crippen molar-refractivity contribution in [2.24, 2.45) is 7.05 Å². The standard InChI is InChI=1S/C19H22N6O/c1-12-18(13(2)24(3)23-12)16-9-21-19(22-16)14-8-17(26)25(10-14)11-15-6-4-5-7-20-15/h4-7,9,14H,8,10-11H2,1-3H3,(H,21,22). The molecule has 1 amide bonds. The molecule has 134 valence electrons. The van der Waals surface area contributed by atoms with Crippen LogP contribution in [0.3, 0.4) is 0 Å². The normalized spacial score (nSPS) is 17.3. The van der Waals surface area contributed by atoms with Crippen molar-refractivity contribution < 1.29 is 4.79 Å². The van der Waals surface area contributed by atoms with Crippen LogP contribution in [0.2, 0.25) is 0 Å². The van der Waals surface area contributed by atoms with Crippen LogP contribution in [0, 0.1) is 13.8 Å². The maximum absolute atomic E-state index is 12.4. The largest absolute Gasteiger partial charge is 0.342 e. The monoisotopic (exact) mass is 350 g/mol. The molecule has 1 N–H and O–H groups in total. The molecule has 0 bridgehead atoms. The van der Waals surface area contributed by atoms with Crippen LogP contribution in [0.15, 0.2) is 30.6 Å². The van der Waals surface area contributed by atoms with Gasteiger partial charge in [0.25, 0.3) is 0 Å². The zero-order valence-corrected chi connectivity index (χ0v) is 15.2. The Morgan fingerprint density at radius 3 is 2.81 bits per heavy atom. The summed E-state index contributed by atoms with van der Waals surface area (Å²) in [7, 11) is 1.94. The lowest BCUT2D eigenvalue weighted by molar-refractivity contribution is -0.128. The van der Waals surface area contributed by atoms with E-state index in [2.05, 4.69) is 20.1 Å². The number of aryl methyl sites for hydroxylation is 2. The third-order valence-electron chi connectivity index (χ3n) is 5.05. The molecule has 0 aromatic carbocycles. The van der Waals surface area contributed by atoms with Gasteiger partial charge in [-0.2, -0.15) is 5.10 Å². The number of hydrogen-bond donors (Lipinski definition) is 1. The van der Waals surface area contributed by atoms with Gasteiger partial charge in [0.05, 0.1) is 29.8 Å². The number of carbonyl (C=O) groups is 1. The van der Waals surface area contributed by atoms with Gasteiger partial charge in [-0.25, -0.2) is 4.98 Å². The van der Waals surface area contributed by atoms with Crippen molar-refractivity contribution in [3.8, 4) is 11.3 Å². The minimum absolute atomic E-state index is 0.0808. The fraction of sp³-hybridized carbons (Fsp3) is 0.368. The SMILES string of the molecule is Cc1nn(C)c(C)c1-c1cnc(C2CC(=O)N(Cc3ccccn3)C2)[nH]1. The molecule has 1 unspecified atom stereocenters. The summed E-state index contributed by atoms with van der Waals surface area (Å²) in [5, 5.41) is 4.46. The molecular formula is C19H22N6O. The first-order valence-corrected chi connectivity index (χ1v) is 8.76. The molecule has 26 heavy (non-hydrogen) atoms. The van der Waals surface area contributed by atoms with Gasteiger partial charge < -0.3 is 9.88 Å². The number of imidazole rings is 1. The first kappa shape index (κ1) is 16.5. The molecule has 7 heteroatoms. The summed E-state index contributed by atoms with van der Waals surface area (Å²) in [5.74, 6) is 1.09. The summed E-state index contributed by atoms with van der Waals surface area (Å²) in [4.78, 5) is 26.5. The van der Waals surface area contributed by atoms with E-state index < -0.39 is 0 Å². The highest BCUT2D eigenvalue weighted by atomic mass is 16.2. The molecule has 3 aromatic heterocycles. The minimum Gasteiger partial charge on any atom is -0.342 e. The topological polar surface area (TPSA) is 79.7 Å². The Bertz CT molecular complexity index is 942. The number of nitrogens with zero attached hydrogens (tertiary/aromatic N) is 5. The number of pyridine rings is 1. The number of carbonyl (C=O) groups excluding carboxylic acids is 1. The second kappa shape index (κ2) is 6.40. The third kappa shape index (κ3) is 2.89. The van der Waals surface area contributed by atoms with Gasteiger partial charge in [0.1, 0.15) is 5.82 Å². The lowest BCUT2D eigenvalue weighted by atomic mass is 10.1. The van der Waals surface area contributed by atoms with E-state index in [1.54, 1.807) is 6.20 Å². The maximum atomic E-state index is 12.4. The third-order valence-corrected chi connectivity index (χ3v) is 5.05. The molecule has 1 aliphatic heterocycles. The zero-order valence-electron chi connectivity index (χ0n) is 15.2. The van der Waals surface area contributed by atoms with Gasteiger partial charge in [-0.3, -0.25) is 14.5 Å². The van der Waals surface area contributed by atoms with Gasteiger partial charge in [0, 0.05) is 43.4 Å². The summed E-state index contributed by atoms with van der Waals surface area (Å²) in [6.07, 6.45) is 4.08. The Balaban J connectivity index is 1.52. The van der Waals surface area contributed by atoms with Gasteiger partial charge in [0.15, 0.2) is 0 Å². The number of nitrogens with one attached hydrogen (secondary N) is 1. The Morgan fingerprint density at radius 1 is 1.27 bits per heavy atom. The van der Waals surface area contributed by atoms with E-state index >= 15 is 0 Å². The average molecular weight is 350 g/mol. The van der Waals surface area contributed by atoms with E-state index in [1.807, 2.05) is 54.9 Å². The van der Waals surface area contributed by atoms with Crippen LogP contribution < -0.4 is 0 Å². The van der Waals surface area contributed by atoms with Crippen molar-refractivity contribution in [2.45, 2.75) is 32.7 Å². The molecule has 1 atom stereocenters. The van der Waals surface area contributed by atoms with Crippen molar-refractivity contribution in [3.05, 3.63) is 53.5 Å². The fourth-order valence-electron chi connectivity index (χ4n) is 3.63. The molecule has 4 heterocycles. The minimum atomic E-state index is 0.0808. The Kier molecular flexibility index (Phi) is 4.06. The smallest absolute Gasteiger partial charge is 0.223 e. The zero-order chi connectivity index (χ0) is 18.3. The Hall–Kier alpha value is -2.96. The summed E-state index contributed by atoms with van der Waals surface area (Å²) in [6.45, 7) is 5.25. The van der Waals surface area contributed by atoms with Crippen molar-refractivity contribution >= 4 is 5.91 Å². The molecule has 0 radical (unpaired) electrons. The number of aromatic amines is 1. The van der Waals surface area contributed by atoms with Gasteiger partial charge in [-0.15, -0.1) is 0 Å². The lowest BCUT2D eigenvalue weighted by Gasteiger charge is -2.15. The number of hydrogen-bond acceptors (Lipinski definition) is 4. The predicted molar refractivity (Wildman–Crippen MR) is 97.3 cm³/mol. The summed E-state index contributed by atoms with van der Waals surface area (Å²) >= 11 is 0. The highest BCUT2D eigenvalue weighted by Crippen LogP contribution is 2.30. The Labute approximate surface area is 152 Å². The second-order valence-electron chi connectivity index (χ2n) is 6.85. The average Bonchev–Trinajstić information content (AvgIpc) is 3.29.